The van der Waals surface area contributed by atoms with Crippen molar-refractivity contribution < 1.29 is 0 Å². The molecule has 2 fully saturated rings. The summed E-state index contributed by atoms with van der Waals surface area (Å²) < 4.78 is 0. The summed E-state index contributed by atoms with van der Waals surface area (Å²) in [4.78, 5) is 2.52. The first kappa shape index (κ1) is 14.7. The van der Waals surface area contributed by atoms with Gasteiger partial charge in [-0.05, 0) is 68.7 Å². The second kappa shape index (κ2) is 6.72. The highest BCUT2D eigenvalue weighted by atomic mass is 15.1. The van der Waals surface area contributed by atoms with Crippen LogP contribution in [0.5, 0.6) is 0 Å². The average Bonchev–Trinajstić information content (AvgIpc) is 2.93. The molecule has 0 spiro atoms. The van der Waals surface area contributed by atoms with E-state index in [0.29, 0.717) is 6.04 Å². The Bertz CT molecular complexity index is 463. The van der Waals surface area contributed by atoms with Crippen LogP contribution in [0.25, 0.3) is 0 Å². The topological polar surface area (TPSA) is 15.3 Å². The van der Waals surface area contributed by atoms with Crippen LogP contribution in [-0.2, 0) is 0 Å². The lowest BCUT2D eigenvalue weighted by molar-refractivity contribution is 0.502. The number of rotatable bonds is 3. The minimum absolute atomic E-state index is 0.672. The summed E-state index contributed by atoms with van der Waals surface area (Å²) in [6, 6.07) is 7.65. The number of nitrogens with zero attached hydrogens (tertiary/aromatic N) is 1. The van der Waals surface area contributed by atoms with Crippen LogP contribution in [-0.4, -0.2) is 19.1 Å². The molecule has 0 amide bonds. The Morgan fingerprint density at radius 3 is 2.57 bits per heavy atom. The van der Waals surface area contributed by atoms with Gasteiger partial charge in [0.2, 0.25) is 0 Å². The Hall–Kier alpha value is -1.18. The fourth-order valence-electron chi connectivity index (χ4n) is 3.83. The number of hydrogen-bond acceptors (Lipinski definition) is 2. The average molecular weight is 286 g/mol. The lowest BCUT2D eigenvalue weighted by atomic mass is 10.0. The summed E-state index contributed by atoms with van der Waals surface area (Å²) >= 11 is 0. The van der Waals surface area contributed by atoms with Gasteiger partial charge < -0.3 is 10.2 Å². The molecule has 3 rings (SSSR count). The standard InChI is InChI=1S/C19H30N2/c1-15-6-5-7-17(9-8-15)20-19-11-10-18(14-16(19)2)21-12-3-4-13-21/h10-11,14-15,17,20H,3-9,12-13H2,1-2H3. The first-order valence-corrected chi connectivity index (χ1v) is 8.84. The van der Waals surface area contributed by atoms with Gasteiger partial charge in [-0.3, -0.25) is 0 Å². The molecule has 1 N–H and O–H groups in total. The van der Waals surface area contributed by atoms with Crippen LogP contribution < -0.4 is 10.2 Å². The van der Waals surface area contributed by atoms with Crippen molar-refractivity contribution in [1.29, 1.82) is 0 Å². The highest BCUT2D eigenvalue weighted by molar-refractivity contribution is 5.60. The highest BCUT2D eigenvalue weighted by Crippen LogP contribution is 2.29. The van der Waals surface area contributed by atoms with E-state index in [1.54, 1.807) is 0 Å². The van der Waals surface area contributed by atoms with Gasteiger partial charge >= 0.3 is 0 Å². The molecule has 1 aromatic carbocycles. The largest absolute Gasteiger partial charge is 0.382 e. The Kier molecular flexibility index (Phi) is 4.72. The number of benzene rings is 1. The van der Waals surface area contributed by atoms with Gasteiger partial charge in [0, 0.05) is 30.5 Å². The van der Waals surface area contributed by atoms with Crippen molar-refractivity contribution >= 4 is 11.4 Å². The molecule has 2 unspecified atom stereocenters. The molecule has 0 radical (unpaired) electrons. The quantitative estimate of drug-likeness (QED) is 0.789. The first-order valence-electron chi connectivity index (χ1n) is 8.84. The Balaban J connectivity index is 1.65. The minimum atomic E-state index is 0.672. The van der Waals surface area contributed by atoms with Gasteiger partial charge in [-0.2, -0.15) is 0 Å². The zero-order valence-corrected chi connectivity index (χ0v) is 13.7. The molecule has 21 heavy (non-hydrogen) atoms. The van der Waals surface area contributed by atoms with Crippen LogP contribution in [0.15, 0.2) is 18.2 Å². The number of anilines is 2. The summed E-state index contributed by atoms with van der Waals surface area (Å²) in [6.45, 7) is 7.11. The zero-order valence-electron chi connectivity index (χ0n) is 13.7. The van der Waals surface area contributed by atoms with E-state index in [4.69, 9.17) is 0 Å². The summed E-state index contributed by atoms with van der Waals surface area (Å²) in [5.41, 5.74) is 4.15. The molecule has 0 bridgehead atoms. The molecule has 1 aromatic rings. The van der Waals surface area contributed by atoms with E-state index in [9.17, 15) is 0 Å². The van der Waals surface area contributed by atoms with Crippen molar-refractivity contribution in [2.45, 2.75) is 64.8 Å². The van der Waals surface area contributed by atoms with Gasteiger partial charge in [0.1, 0.15) is 0 Å². The molecule has 2 atom stereocenters. The van der Waals surface area contributed by atoms with Crippen LogP contribution >= 0.6 is 0 Å². The Labute approximate surface area is 129 Å². The van der Waals surface area contributed by atoms with Crippen LogP contribution in [0.3, 0.4) is 0 Å². The predicted octanol–water partition coefficient (Wildman–Crippen LogP) is 4.98. The fraction of sp³-hybridized carbons (Fsp3) is 0.684. The van der Waals surface area contributed by atoms with Crippen molar-refractivity contribution in [3.8, 4) is 0 Å². The molecule has 0 aromatic heterocycles. The van der Waals surface area contributed by atoms with E-state index in [1.165, 1.54) is 75.0 Å². The molecule has 2 heteroatoms. The van der Waals surface area contributed by atoms with Gasteiger partial charge in [0.05, 0.1) is 0 Å². The lowest BCUT2D eigenvalue weighted by Crippen LogP contribution is -2.20. The summed E-state index contributed by atoms with van der Waals surface area (Å²) in [6.07, 6.45) is 9.52. The van der Waals surface area contributed by atoms with Crippen LogP contribution in [0.1, 0.15) is 57.4 Å². The van der Waals surface area contributed by atoms with E-state index in [0.717, 1.165) is 5.92 Å². The third kappa shape index (κ3) is 3.72. The minimum Gasteiger partial charge on any atom is -0.382 e. The molecule has 1 saturated heterocycles. The van der Waals surface area contributed by atoms with Crippen LogP contribution in [0.4, 0.5) is 11.4 Å². The Morgan fingerprint density at radius 2 is 1.81 bits per heavy atom. The third-order valence-corrected chi connectivity index (χ3v) is 5.30. The maximum atomic E-state index is 3.81. The summed E-state index contributed by atoms with van der Waals surface area (Å²) in [5, 5.41) is 3.81. The summed E-state index contributed by atoms with van der Waals surface area (Å²) in [7, 11) is 0. The van der Waals surface area contributed by atoms with E-state index in [2.05, 4.69) is 42.3 Å². The molecule has 1 saturated carbocycles. The summed E-state index contributed by atoms with van der Waals surface area (Å²) in [5.74, 6) is 0.912. The lowest BCUT2D eigenvalue weighted by Gasteiger charge is -2.22. The SMILES string of the molecule is Cc1cc(N2CCCC2)ccc1NC1CCCC(C)CC1. The molecular formula is C19H30N2. The van der Waals surface area contributed by atoms with Gasteiger partial charge in [0.15, 0.2) is 0 Å². The number of nitrogens with one attached hydrogen (secondary N) is 1. The van der Waals surface area contributed by atoms with Crippen LogP contribution in [0, 0.1) is 12.8 Å². The zero-order chi connectivity index (χ0) is 14.7. The molecule has 116 valence electrons. The van der Waals surface area contributed by atoms with E-state index >= 15 is 0 Å². The maximum absolute atomic E-state index is 3.81. The van der Waals surface area contributed by atoms with Crippen molar-refractivity contribution in [1.82, 2.24) is 0 Å². The molecule has 1 heterocycles. The third-order valence-electron chi connectivity index (χ3n) is 5.30. The second-order valence-corrected chi connectivity index (χ2v) is 7.15. The monoisotopic (exact) mass is 286 g/mol. The number of hydrogen-bond donors (Lipinski definition) is 1. The Morgan fingerprint density at radius 1 is 1.00 bits per heavy atom. The molecule has 1 aliphatic carbocycles. The van der Waals surface area contributed by atoms with E-state index < -0.39 is 0 Å². The van der Waals surface area contributed by atoms with Crippen molar-refractivity contribution in [3.63, 3.8) is 0 Å². The predicted molar refractivity (Wildman–Crippen MR) is 92.3 cm³/mol. The van der Waals surface area contributed by atoms with Gasteiger partial charge in [-0.15, -0.1) is 0 Å². The molecule has 2 aliphatic rings. The van der Waals surface area contributed by atoms with Gasteiger partial charge in [-0.25, -0.2) is 0 Å². The second-order valence-electron chi connectivity index (χ2n) is 7.15. The number of aryl methyl sites for hydroxylation is 1. The van der Waals surface area contributed by atoms with Crippen LogP contribution in [0.2, 0.25) is 0 Å². The van der Waals surface area contributed by atoms with E-state index in [1.807, 2.05) is 0 Å². The maximum Gasteiger partial charge on any atom is 0.0373 e. The normalized spacial score (nSPS) is 26.7. The van der Waals surface area contributed by atoms with Crippen molar-refractivity contribution in [2.75, 3.05) is 23.3 Å². The first-order chi connectivity index (χ1) is 10.2. The van der Waals surface area contributed by atoms with Crippen molar-refractivity contribution in [2.24, 2.45) is 5.92 Å². The molecule has 2 nitrogen and oxygen atoms in total. The van der Waals surface area contributed by atoms with E-state index in [-0.39, 0.29) is 0 Å². The highest BCUT2D eigenvalue weighted by Gasteiger charge is 2.17. The van der Waals surface area contributed by atoms with Gasteiger partial charge in [0.25, 0.3) is 0 Å². The fourth-order valence-corrected chi connectivity index (χ4v) is 3.83. The smallest absolute Gasteiger partial charge is 0.0373 e. The molecular weight excluding hydrogens is 256 g/mol. The van der Waals surface area contributed by atoms with Gasteiger partial charge in [-0.1, -0.05) is 19.8 Å². The molecule has 1 aliphatic heterocycles. The van der Waals surface area contributed by atoms with Crippen molar-refractivity contribution in [3.05, 3.63) is 23.8 Å².